The largest absolute Gasteiger partial charge is 0.481 e. The SMILES string of the molecule is CC(C(=O)O)c1ccccc1.O=c1occc2ccccc12. The third-order valence-corrected chi connectivity index (χ3v) is 3.27. The molecule has 4 nitrogen and oxygen atoms in total. The summed E-state index contributed by atoms with van der Waals surface area (Å²) in [6, 6.07) is 18.3. The molecule has 22 heavy (non-hydrogen) atoms. The first-order chi connectivity index (χ1) is 10.6. The Bertz CT molecular complexity index is 800. The third-order valence-electron chi connectivity index (χ3n) is 3.27. The van der Waals surface area contributed by atoms with E-state index in [4.69, 9.17) is 5.11 Å². The highest BCUT2D eigenvalue weighted by molar-refractivity contribution is 5.80. The smallest absolute Gasteiger partial charge is 0.343 e. The Balaban J connectivity index is 0.000000160. The Morgan fingerprint density at radius 3 is 2.27 bits per heavy atom. The highest BCUT2D eigenvalue weighted by Gasteiger charge is 2.11. The Hall–Kier alpha value is -2.88. The Labute approximate surface area is 127 Å². The van der Waals surface area contributed by atoms with Gasteiger partial charge in [-0.2, -0.15) is 0 Å². The van der Waals surface area contributed by atoms with Gasteiger partial charge in [0, 0.05) is 0 Å². The summed E-state index contributed by atoms with van der Waals surface area (Å²) in [7, 11) is 0. The molecule has 3 aromatic rings. The quantitative estimate of drug-likeness (QED) is 0.783. The van der Waals surface area contributed by atoms with Crippen molar-refractivity contribution in [3.63, 3.8) is 0 Å². The fourth-order valence-electron chi connectivity index (χ4n) is 1.95. The van der Waals surface area contributed by atoms with Gasteiger partial charge in [-0.25, -0.2) is 4.79 Å². The number of hydrogen-bond donors (Lipinski definition) is 1. The fraction of sp³-hybridized carbons (Fsp3) is 0.111. The molecule has 2 aromatic carbocycles. The van der Waals surface area contributed by atoms with Crippen LogP contribution >= 0.6 is 0 Å². The molecule has 0 saturated heterocycles. The summed E-state index contributed by atoms with van der Waals surface area (Å²) in [5, 5.41) is 10.2. The molecule has 0 spiro atoms. The zero-order chi connectivity index (χ0) is 15.9. The van der Waals surface area contributed by atoms with Gasteiger partial charge in [0.1, 0.15) is 0 Å². The van der Waals surface area contributed by atoms with Crippen LogP contribution in [-0.2, 0) is 4.79 Å². The molecule has 0 bridgehead atoms. The summed E-state index contributed by atoms with van der Waals surface area (Å²) < 4.78 is 4.68. The first-order valence-corrected chi connectivity index (χ1v) is 6.84. The van der Waals surface area contributed by atoms with Crippen molar-refractivity contribution in [2.24, 2.45) is 0 Å². The minimum atomic E-state index is -0.781. The summed E-state index contributed by atoms with van der Waals surface area (Å²) in [5.74, 6) is -1.19. The highest BCUT2D eigenvalue weighted by Crippen LogP contribution is 2.13. The summed E-state index contributed by atoms with van der Waals surface area (Å²) in [4.78, 5) is 21.5. The third kappa shape index (κ3) is 3.82. The van der Waals surface area contributed by atoms with Gasteiger partial charge in [-0.1, -0.05) is 48.5 Å². The van der Waals surface area contributed by atoms with E-state index in [0.717, 1.165) is 10.9 Å². The van der Waals surface area contributed by atoms with Crippen molar-refractivity contribution in [2.45, 2.75) is 12.8 Å². The first kappa shape index (κ1) is 15.5. The highest BCUT2D eigenvalue weighted by atomic mass is 16.4. The maximum Gasteiger partial charge on any atom is 0.343 e. The van der Waals surface area contributed by atoms with Gasteiger partial charge in [0.05, 0.1) is 17.6 Å². The Morgan fingerprint density at radius 1 is 1.00 bits per heavy atom. The number of hydrogen-bond acceptors (Lipinski definition) is 3. The molecule has 112 valence electrons. The number of fused-ring (bicyclic) bond motifs is 1. The molecule has 1 unspecified atom stereocenters. The standard InChI is InChI=1S/C9H6O2.C9H10O2/c10-9-8-4-2-1-3-7(8)5-6-11-9;1-7(9(10)11)8-5-3-2-4-6-8/h1-6H;2-7H,1H3,(H,10,11). The van der Waals surface area contributed by atoms with Crippen LogP contribution in [0.2, 0.25) is 0 Å². The Morgan fingerprint density at radius 2 is 1.64 bits per heavy atom. The maximum absolute atomic E-state index is 11.0. The van der Waals surface area contributed by atoms with E-state index >= 15 is 0 Å². The molecule has 1 atom stereocenters. The predicted octanol–water partition coefficient (Wildman–Crippen LogP) is 3.67. The monoisotopic (exact) mass is 296 g/mol. The van der Waals surface area contributed by atoms with Crippen LogP contribution in [0.3, 0.4) is 0 Å². The van der Waals surface area contributed by atoms with Crippen LogP contribution in [-0.4, -0.2) is 11.1 Å². The van der Waals surface area contributed by atoms with Crippen molar-refractivity contribution in [3.05, 3.63) is 82.9 Å². The molecule has 1 N–H and O–H groups in total. The summed E-state index contributed by atoms with van der Waals surface area (Å²) in [6.45, 7) is 1.68. The number of benzene rings is 2. The lowest BCUT2D eigenvalue weighted by Gasteiger charge is -2.04. The fourth-order valence-corrected chi connectivity index (χ4v) is 1.95. The second-order valence-corrected chi connectivity index (χ2v) is 4.77. The molecule has 3 rings (SSSR count). The van der Waals surface area contributed by atoms with Crippen molar-refractivity contribution in [2.75, 3.05) is 0 Å². The molecule has 0 aliphatic heterocycles. The average Bonchev–Trinajstić information content (AvgIpc) is 2.56. The van der Waals surface area contributed by atoms with E-state index in [-0.39, 0.29) is 5.63 Å². The van der Waals surface area contributed by atoms with Gasteiger partial charge in [0.25, 0.3) is 0 Å². The lowest BCUT2D eigenvalue weighted by atomic mass is 10.0. The van der Waals surface area contributed by atoms with E-state index in [0.29, 0.717) is 5.39 Å². The molecule has 0 amide bonds. The van der Waals surface area contributed by atoms with E-state index in [9.17, 15) is 9.59 Å². The van der Waals surface area contributed by atoms with Crippen LogP contribution < -0.4 is 5.63 Å². The van der Waals surface area contributed by atoms with Crippen LogP contribution in [0.25, 0.3) is 10.8 Å². The molecule has 0 radical (unpaired) electrons. The van der Waals surface area contributed by atoms with Gasteiger partial charge in [-0.15, -0.1) is 0 Å². The van der Waals surface area contributed by atoms with Gasteiger partial charge in [0.15, 0.2) is 0 Å². The van der Waals surface area contributed by atoms with Crippen molar-refractivity contribution in [1.29, 1.82) is 0 Å². The zero-order valence-corrected chi connectivity index (χ0v) is 12.1. The molecule has 4 heteroatoms. The van der Waals surface area contributed by atoms with E-state index in [1.165, 1.54) is 6.26 Å². The van der Waals surface area contributed by atoms with Crippen molar-refractivity contribution in [3.8, 4) is 0 Å². The molecule has 0 aliphatic carbocycles. The molecule has 1 aromatic heterocycles. The van der Waals surface area contributed by atoms with Crippen LogP contribution in [0.5, 0.6) is 0 Å². The molecule has 0 aliphatic rings. The summed E-state index contributed by atoms with van der Waals surface area (Å²) in [5.41, 5.74) is 0.572. The van der Waals surface area contributed by atoms with Gasteiger partial charge < -0.3 is 9.52 Å². The summed E-state index contributed by atoms with van der Waals surface area (Å²) in [6.07, 6.45) is 1.41. The average molecular weight is 296 g/mol. The van der Waals surface area contributed by atoms with Crippen LogP contribution in [0.4, 0.5) is 0 Å². The lowest BCUT2D eigenvalue weighted by Crippen LogP contribution is -2.06. The normalized spacial score (nSPS) is 11.3. The Kier molecular flexibility index (Phi) is 5.09. The van der Waals surface area contributed by atoms with Gasteiger partial charge in [-0.3, -0.25) is 4.79 Å². The molecule has 1 heterocycles. The predicted molar refractivity (Wildman–Crippen MR) is 85.0 cm³/mol. The minimum absolute atomic E-state index is 0.275. The maximum atomic E-state index is 11.0. The number of rotatable bonds is 2. The topological polar surface area (TPSA) is 67.5 Å². The van der Waals surface area contributed by atoms with E-state index in [2.05, 4.69) is 4.42 Å². The van der Waals surface area contributed by atoms with Gasteiger partial charge in [0.2, 0.25) is 0 Å². The number of aliphatic carboxylic acids is 1. The number of carboxylic acids is 1. The van der Waals surface area contributed by atoms with Gasteiger partial charge in [-0.05, 0) is 30.0 Å². The molecule has 0 saturated carbocycles. The summed E-state index contributed by atoms with van der Waals surface area (Å²) >= 11 is 0. The number of carboxylic acid groups (broad SMARTS) is 1. The van der Waals surface area contributed by atoms with Gasteiger partial charge >= 0.3 is 11.6 Å². The lowest BCUT2D eigenvalue weighted by molar-refractivity contribution is -0.138. The zero-order valence-electron chi connectivity index (χ0n) is 12.1. The first-order valence-electron chi connectivity index (χ1n) is 6.84. The molecular weight excluding hydrogens is 280 g/mol. The van der Waals surface area contributed by atoms with E-state index in [1.807, 2.05) is 48.5 Å². The molecular formula is C18H16O4. The minimum Gasteiger partial charge on any atom is -0.481 e. The number of carbonyl (C=O) groups is 1. The van der Waals surface area contributed by atoms with E-state index in [1.54, 1.807) is 19.1 Å². The van der Waals surface area contributed by atoms with Crippen LogP contribution in [0.15, 0.2) is 76.1 Å². The van der Waals surface area contributed by atoms with Crippen LogP contribution in [0.1, 0.15) is 18.4 Å². The van der Waals surface area contributed by atoms with Crippen LogP contribution in [0, 0.1) is 0 Å². The van der Waals surface area contributed by atoms with E-state index < -0.39 is 11.9 Å². The molecule has 0 fully saturated rings. The van der Waals surface area contributed by atoms with Crippen molar-refractivity contribution in [1.82, 2.24) is 0 Å². The second kappa shape index (κ2) is 7.22. The van der Waals surface area contributed by atoms with Crippen molar-refractivity contribution >= 4 is 16.7 Å². The second-order valence-electron chi connectivity index (χ2n) is 4.77. The van der Waals surface area contributed by atoms with Crippen molar-refractivity contribution < 1.29 is 14.3 Å².